The first kappa shape index (κ1) is 9.32. The molecule has 1 heterocycles. The van der Waals surface area contributed by atoms with Crippen LogP contribution in [0.5, 0.6) is 0 Å². The van der Waals surface area contributed by atoms with Crippen molar-refractivity contribution in [3.8, 4) is 0 Å². The fraction of sp³-hybridized carbons (Fsp3) is 0.167. The minimum absolute atomic E-state index is 0.224. The molecule has 0 saturated carbocycles. The quantitative estimate of drug-likeness (QED) is 0.342. The summed E-state index contributed by atoms with van der Waals surface area (Å²) < 4.78 is 0.815. The lowest BCUT2D eigenvalue weighted by Gasteiger charge is -1.98. The Morgan fingerprint density at radius 2 is 2.50 bits per heavy atom. The van der Waals surface area contributed by atoms with Gasteiger partial charge in [-0.05, 0) is 33.1 Å². The number of rotatable bonds is 2. The third-order valence-corrected chi connectivity index (χ3v) is 1.96. The minimum atomic E-state index is 0.224. The van der Waals surface area contributed by atoms with E-state index in [2.05, 4.69) is 30.9 Å². The highest BCUT2D eigenvalue weighted by Crippen LogP contribution is 2.18. The molecule has 1 aromatic heterocycles. The fourth-order valence-corrected chi connectivity index (χ4v) is 1.23. The smallest absolute Gasteiger partial charge is 0.132 e. The molecule has 0 atom stereocenters. The molecule has 0 radical (unpaired) electrons. The zero-order valence-corrected chi connectivity index (χ0v) is 8.25. The number of aromatic nitrogens is 1. The number of azide groups is 1. The standard InChI is InChI=1S/C6H4BrClN4/c7-5-1-4(2-11-12-9)6(8)10-3-5/h1,3H,2H2. The number of pyridine rings is 1. The summed E-state index contributed by atoms with van der Waals surface area (Å²) in [6.07, 6.45) is 1.59. The van der Waals surface area contributed by atoms with E-state index in [4.69, 9.17) is 17.1 Å². The third kappa shape index (κ3) is 2.37. The molecule has 0 saturated heterocycles. The van der Waals surface area contributed by atoms with Crippen molar-refractivity contribution in [2.24, 2.45) is 5.11 Å². The average Bonchev–Trinajstić information content (AvgIpc) is 2.07. The summed E-state index contributed by atoms with van der Waals surface area (Å²) in [5.41, 5.74) is 8.78. The maximum Gasteiger partial charge on any atom is 0.132 e. The van der Waals surface area contributed by atoms with Crippen LogP contribution < -0.4 is 0 Å². The van der Waals surface area contributed by atoms with Crippen molar-refractivity contribution < 1.29 is 0 Å². The van der Waals surface area contributed by atoms with E-state index < -0.39 is 0 Å². The summed E-state index contributed by atoms with van der Waals surface area (Å²) in [6, 6.07) is 1.77. The molecule has 0 unspecified atom stereocenters. The molecule has 0 amide bonds. The molecule has 12 heavy (non-hydrogen) atoms. The normalized spacial score (nSPS) is 9.17. The zero-order valence-electron chi connectivity index (χ0n) is 5.91. The Balaban J connectivity index is 2.96. The molecule has 0 aliphatic heterocycles. The second kappa shape index (κ2) is 4.30. The zero-order chi connectivity index (χ0) is 8.97. The van der Waals surface area contributed by atoms with E-state index >= 15 is 0 Å². The van der Waals surface area contributed by atoms with Gasteiger partial charge in [-0.1, -0.05) is 16.7 Å². The minimum Gasteiger partial charge on any atom is -0.243 e. The first-order chi connectivity index (χ1) is 5.74. The highest BCUT2D eigenvalue weighted by molar-refractivity contribution is 9.10. The lowest BCUT2D eigenvalue weighted by molar-refractivity contribution is 1.02. The van der Waals surface area contributed by atoms with Crippen LogP contribution in [0.3, 0.4) is 0 Å². The van der Waals surface area contributed by atoms with Gasteiger partial charge in [-0.15, -0.1) is 0 Å². The summed E-state index contributed by atoms with van der Waals surface area (Å²) in [7, 11) is 0. The van der Waals surface area contributed by atoms with Crippen LogP contribution in [0.15, 0.2) is 21.9 Å². The molecule has 4 nitrogen and oxygen atoms in total. The van der Waals surface area contributed by atoms with Gasteiger partial charge in [-0.25, -0.2) is 4.98 Å². The van der Waals surface area contributed by atoms with Crippen molar-refractivity contribution in [1.29, 1.82) is 0 Å². The van der Waals surface area contributed by atoms with Gasteiger partial charge < -0.3 is 0 Å². The third-order valence-electron chi connectivity index (χ3n) is 1.18. The van der Waals surface area contributed by atoms with Crippen molar-refractivity contribution in [1.82, 2.24) is 4.98 Å². The molecule has 0 aliphatic rings. The summed E-state index contributed by atoms with van der Waals surface area (Å²) in [5, 5.41) is 3.75. The molecule has 0 bridgehead atoms. The number of nitrogens with zero attached hydrogens (tertiary/aromatic N) is 4. The van der Waals surface area contributed by atoms with Crippen molar-refractivity contribution in [3.05, 3.63) is 37.9 Å². The summed E-state index contributed by atoms with van der Waals surface area (Å²) in [5.74, 6) is 0. The van der Waals surface area contributed by atoms with Crippen LogP contribution in [0.25, 0.3) is 10.4 Å². The van der Waals surface area contributed by atoms with Gasteiger partial charge in [0.25, 0.3) is 0 Å². The molecule has 0 fully saturated rings. The van der Waals surface area contributed by atoms with E-state index in [1.807, 2.05) is 0 Å². The maximum atomic E-state index is 8.07. The molecule has 0 spiro atoms. The largest absolute Gasteiger partial charge is 0.243 e. The number of hydrogen-bond donors (Lipinski definition) is 0. The molecule has 0 aliphatic carbocycles. The molecular weight excluding hydrogens is 243 g/mol. The van der Waals surface area contributed by atoms with Gasteiger partial charge >= 0.3 is 0 Å². The van der Waals surface area contributed by atoms with Gasteiger partial charge in [0.1, 0.15) is 5.15 Å². The van der Waals surface area contributed by atoms with Gasteiger partial charge in [-0.2, -0.15) is 0 Å². The van der Waals surface area contributed by atoms with Crippen LogP contribution in [0, 0.1) is 0 Å². The van der Waals surface area contributed by atoms with E-state index in [1.165, 1.54) is 0 Å². The Morgan fingerprint density at radius 3 is 3.17 bits per heavy atom. The monoisotopic (exact) mass is 246 g/mol. The predicted molar refractivity (Wildman–Crippen MR) is 49.8 cm³/mol. The van der Waals surface area contributed by atoms with Crippen LogP contribution in [0.2, 0.25) is 5.15 Å². The van der Waals surface area contributed by atoms with Gasteiger partial charge in [0.05, 0.1) is 6.54 Å². The first-order valence-corrected chi connectivity index (χ1v) is 4.22. The fourth-order valence-electron chi connectivity index (χ4n) is 0.683. The number of halogens is 2. The van der Waals surface area contributed by atoms with Crippen molar-refractivity contribution in [2.75, 3.05) is 0 Å². The van der Waals surface area contributed by atoms with Gasteiger partial charge in [-0.3, -0.25) is 0 Å². The van der Waals surface area contributed by atoms with Gasteiger partial charge in [0.2, 0.25) is 0 Å². The lowest BCUT2D eigenvalue weighted by Crippen LogP contribution is -1.85. The Kier molecular flexibility index (Phi) is 3.34. The lowest BCUT2D eigenvalue weighted by atomic mass is 10.3. The SMILES string of the molecule is [N-]=[N+]=NCc1cc(Br)cnc1Cl. The Hall–Kier alpha value is -0.770. The van der Waals surface area contributed by atoms with E-state index in [-0.39, 0.29) is 6.54 Å². The van der Waals surface area contributed by atoms with Crippen LogP contribution >= 0.6 is 27.5 Å². The highest BCUT2D eigenvalue weighted by atomic mass is 79.9. The van der Waals surface area contributed by atoms with E-state index in [1.54, 1.807) is 12.3 Å². The van der Waals surface area contributed by atoms with Crippen LogP contribution in [0.1, 0.15) is 5.56 Å². The van der Waals surface area contributed by atoms with Gasteiger partial charge in [0, 0.05) is 15.6 Å². The molecule has 0 aromatic carbocycles. The summed E-state index contributed by atoms with van der Waals surface area (Å²) in [4.78, 5) is 6.49. The summed E-state index contributed by atoms with van der Waals surface area (Å²) in [6.45, 7) is 0.224. The molecule has 0 N–H and O–H groups in total. The highest BCUT2D eigenvalue weighted by Gasteiger charge is 2.00. The molecular formula is C6H4BrClN4. The second-order valence-corrected chi connectivity index (χ2v) is 3.27. The predicted octanol–water partition coefficient (Wildman–Crippen LogP) is 3.31. The van der Waals surface area contributed by atoms with Crippen LogP contribution in [-0.4, -0.2) is 4.98 Å². The average molecular weight is 247 g/mol. The Morgan fingerprint density at radius 1 is 1.75 bits per heavy atom. The molecule has 6 heteroatoms. The van der Waals surface area contributed by atoms with Crippen molar-refractivity contribution in [2.45, 2.75) is 6.54 Å². The van der Waals surface area contributed by atoms with E-state index in [9.17, 15) is 0 Å². The first-order valence-electron chi connectivity index (χ1n) is 3.05. The van der Waals surface area contributed by atoms with E-state index in [0.717, 1.165) is 4.47 Å². The van der Waals surface area contributed by atoms with Gasteiger partial charge in [0.15, 0.2) is 0 Å². The summed E-state index contributed by atoms with van der Waals surface area (Å²) >= 11 is 8.95. The topological polar surface area (TPSA) is 61.7 Å². The van der Waals surface area contributed by atoms with Crippen LogP contribution in [-0.2, 0) is 6.54 Å². The molecule has 62 valence electrons. The Labute approximate surface area is 82.3 Å². The molecule has 1 aromatic rings. The maximum absolute atomic E-state index is 8.07. The van der Waals surface area contributed by atoms with Crippen molar-refractivity contribution in [3.63, 3.8) is 0 Å². The van der Waals surface area contributed by atoms with Crippen LogP contribution in [0.4, 0.5) is 0 Å². The second-order valence-electron chi connectivity index (χ2n) is 1.99. The Bertz CT molecular complexity index is 334. The molecule has 1 rings (SSSR count). The van der Waals surface area contributed by atoms with E-state index in [0.29, 0.717) is 10.7 Å². The van der Waals surface area contributed by atoms with Crippen molar-refractivity contribution >= 4 is 27.5 Å². The number of hydrogen-bond acceptors (Lipinski definition) is 2.